The van der Waals surface area contributed by atoms with E-state index in [-0.39, 0.29) is 6.10 Å². The molecule has 0 fully saturated rings. The molecule has 3 aromatic rings. The summed E-state index contributed by atoms with van der Waals surface area (Å²) in [6.45, 7) is 0. The molecule has 106 valence electrons. The molecule has 0 amide bonds. The summed E-state index contributed by atoms with van der Waals surface area (Å²) in [6.07, 6.45) is -0.111. The van der Waals surface area contributed by atoms with Gasteiger partial charge in [0.25, 0.3) is 0 Å². The maximum atomic E-state index is 5.63. The monoisotopic (exact) mass is 359 g/mol. The van der Waals surface area contributed by atoms with E-state index in [0.29, 0.717) is 0 Å². The molecule has 0 aliphatic carbocycles. The number of hydrogen-bond acceptors (Lipinski definition) is 3. The highest BCUT2D eigenvalue weighted by Gasteiger charge is 2.17. The molecule has 0 spiro atoms. The molecule has 0 bridgehead atoms. The van der Waals surface area contributed by atoms with Crippen LogP contribution in [0.3, 0.4) is 0 Å². The van der Waals surface area contributed by atoms with Gasteiger partial charge in [-0.2, -0.15) is 0 Å². The predicted molar refractivity (Wildman–Crippen MR) is 90.5 cm³/mol. The summed E-state index contributed by atoms with van der Waals surface area (Å²) in [5.41, 5.74) is 3.22. The van der Waals surface area contributed by atoms with Crippen LogP contribution in [0.15, 0.2) is 64.5 Å². The van der Waals surface area contributed by atoms with Gasteiger partial charge in [0.05, 0.1) is 5.69 Å². The van der Waals surface area contributed by atoms with E-state index >= 15 is 0 Å². The molecule has 1 unspecified atom stereocenters. The Balaban J connectivity index is 1.92. The Hall–Kier alpha value is -1.49. The van der Waals surface area contributed by atoms with Crippen LogP contribution in [0.2, 0.25) is 0 Å². The first kappa shape index (κ1) is 14.4. The second kappa shape index (κ2) is 6.52. The molecule has 1 aromatic heterocycles. The van der Waals surface area contributed by atoms with Crippen molar-refractivity contribution >= 4 is 27.3 Å². The van der Waals surface area contributed by atoms with Crippen molar-refractivity contribution in [2.45, 2.75) is 6.10 Å². The van der Waals surface area contributed by atoms with E-state index in [2.05, 4.69) is 45.6 Å². The highest BCUT2D eigenvalue weighted by Crippen LogP contribution is 2.31. The Kier molecular flexibility index (Phi) is 4.48. The van der Waals surface area contributed by atoms with Crippen molar-refractivity contribution in [2.24, 2.45) is 0 Å². The van der Waals surface area contributed by atoms with Gasteiger partial charge in [0.2, 0.25) is 0 Å². The number of aromatic nitrogens is 1. The minimum Gasteiger partial charge on any atom is -0.370 e. The van der Waals surface area contributed by atoms with Gasteiger partial charge in [0.15, 0.2) is 0 Å². The van der Waals surface area contributed by atoms with Crippen molar-refractivity contribution < 1.29 is 4.74 Å². The van der Waals surface area contributed by atoms with Crippen LogP contribution in [0.1, 0.15) is 16.7 Å². The minimum absolute atomic E-state index is 0.111. The molecule has 0 radical (unpaired) electrons. The lowest BCUT2D eigenvalue weighted by Gasteiger charge is -2.12. The summed E-state index contributed by atoms with van der Waals surface area (Å²) in [4.78, 5) is 4.74. The van der Waals surface area contributed by atoms with Gasteiger partial charge < -0.3 is 4.74 Å². The lowest BCUT2D eigenvalue weighted by atomic mass is 10.1. The van der Waals surface area contributed by atoms with Crippen LogP contribution in [-0.4, -0.2) is 12.1 Å². The van der Waals surface area contributed by atoms with Gasteiger partial charge in [0, 0.05) is 22.5 Å². The van der Waals surface area contributed by atoms with E-state index in [4.69, 9.17) is 9.72 Å². The van der Waals surface area contributed by atoms with Gasteiger partial charge in [-0.25, -0.2) is 4.98 Å². The first-order valence-corrected chi connectivity index (χ1v) is 8.24. The number of methoxy groups -OCH3 is 1. The van der Waals surface area contributed by atoms with Crippen LogP contribution in [0, 0.1) is 0 Å². The van der Waals surface area contributed by atoms with Crippen LogP contribution < -0.4 is 0 Å². The average Bonchev–Trinajstić information content (AvgIpc) is 2.99. The lowest BCUT2D eigenvalue weighted by molar-refractivity contribution is 0.136. The third-order valence-corrected chi connectivity index (χ3v) is 4.64. The summed E-state index contributed by atoms with van der Waals surface area (Å²) in [6, 6.07) is 18.4. The van der Waals surface area contributed by atoms with E-state index in [0.717, 1.165) is 26.3 Å². The van der Waals surface area contributed by atoms with Crippen molar-refractivity contribution in [3.63, 3.8) is 0 Å². The Morgan fingerprint density at radius 3 is 2.43 bits per heavy atom. The summed E-state index contributed by atoms with van der Waals surface area (Å²) in [7, 11) is 1.72. The largest absolute Gasteiger partial charge is 0.370 e. The van der Waals surface area contributed by atoms with Crippen LogP contribution in [0.5, 0.6) is 0 Å². The quantitative estimate of drug-likeness (QED) is 0.629. The Bertz CT molecular complexity index is 709. The van der Waals surface area contributed by atoms with Gasteiger partial charge in [-0.15, -0.1) is 11.3 Å². The smallest absolute Gasteiger partial charge is 0.134 e. The molecular formula is C17H14BrNOS. The fourth-order valence-electron chi connectivity index (χ4n) is 2.17. The van der Waals surface area contributed by atoms with Crippen molar-refractivity contribution in [1.82, 2.24) is 4.98 Å². The third-order valence-electron chi connectivity index (χ3n) is 3.22. The van der Waals surface area contributed by atoms with Crippen molar-refractivity contribution in [3.05, 3.63) is 75.0 Å². The van der Waals surface area contributed by atoms with E-state index in [1.165, 1.54) is 0 Å². The molecule has 0 saturated heterocycles. The molecule has 1 atom stereocenters. The molecule has 3 rings (SSSR count). The van der Waals surface area contributed by atoms with Crippen molar-refractivity contribution in [3.8, 4) is 11.3 Å². The zero-order valence-corrected chi connectivity index (χ0v) is 13.9. The predicted octanol–water partition coefficient (Wildman–Crippen LogP) is 5.31. The molecule has 0 aliphatic rings. The van der Waals surface area contributed by atoms with E-state index < -0.39 is 0 Å². The van der Waals surface area contributed by atoms with E-state index in [1.54, 1.807) is 18.4 Å². The second-order valence-corrected chi connectivity index (χ2v) is 6.41. The van der Waals surface area contributed by atoms with Crippen LogP contribution in [0.4, 0.5) is 0 Å². The molecule has 0 aliphatic heterocycles. The van der Waals surface area contributed by atoms with E-state index in [9.17, 15) is 0 Å². The number of hydrogen-bond donors (Lipinski definition) is 0. The molecule has 2 aromatic carbocycles. The van der Waals surface area contributed by atoms with Gasteiger partial charge in [-0.05, 0) is 17.7 Å². The topological polar surface area (TPSA) is 22.1 Å². The van der Waals surface area contributed by atoms with Crippen molar-refractivity contribution in [2.75, 3.05) is 7.11 Å². The van der Waals surface area contributed by atoms with Gasteiger partial charge in [-0.3, -0.25) is 0 Å². The standard InChI is InChI=1S/C17H14BrNOS/c1-20-16(13-5-3-2-4-6-13)17-19-15(11-21-17)12-7-9-14(18)10-8-12/h2-11,16H,1H3. The van der Waals surface area contributed by atoms with Crippen LogP contribution in [-0.2, 0) is 4.74 Å². The highest BCUT2D eigenvalue weighted by atomic mass is 79.9. The molecule has 2 nitrogen and oxygen atoms in total. The number of benzene rings is 2. The minimum atomic E-state index is -0.111. The van der Waals surface area contributed by atoms with Gasteiger partial charge in [-0.1, -0.05) is 58.4 Å². The SMILES string of the molecule is COC(c1ccccc1)c1nc(-c2ccc(Br)cc2)cs1. The summed E-state index contributed by atoms with van der Waals surface area (Å²) in [5, 5.41) is 3.05. The fraction of sp³-hybridized carbons (Fsp3) is 0.118. The third kappa shape index (κ3) is 3.23. The summed E-state index contributed by atoms with van der Waals surface area (Å²) in [5.74, 6) is 0. The Morgan fingerprint density at radius 2 is 1.76 bits per heavy atom. The zero-order chi connectivity index (χ0) is 14.7. The summed E-state index contributed by atoms with van der Waals surface area (Å²) < 4.78 is 6.70. The lowest BCUT2D eigenvalue weighted by Crippen LogP contribution is -2.02. The Morgan fingerprint density at radius 1 is 1.05 bits per heavy atom. The first-order valence-electron chi connectivity index (χ1n) is 6.57. The number of rotatable bonds is 4. The zero-order valence-electron chi connectivity index (χ0n) is 11.5. The van der Waals surface area contributed by atoms with Crippen LogP contribution in [0.25, 0.3) is 11.3 Å². The summed E-state index contributed by atoms with van der Waals surface area (Å²) >= 11 is 5.08. The molecule has 0 N–H and O–H groups in total. The number of thiazole rings is 1. The van der Waals surface area contributed by atoms with E-state index in [1.807, 2.05) is 30.3 Å². The first-order chi connectivity index (χ1) is 10.3. The average molecular weight is 360 g/mol. The number of nitrogens with zero attached hydrogens (tertiary/aromatic N) is 1. The fourth-order valence-corrected chi connectivity index (χ4v) is 3.36. The normalized spacial score (nSPS) is 12.3. The maximum absolute atomic E-state index is 5.63. The van der Waals surface area contributed by atoms with Crippen molar-refractivity contribution in [1.29, 1.82) is 0 Å². The molecule has 21 heavy (non-hydrogen) atoms. The van der Waals surface area contributed by atoms with Gasteiger partial charge >= 0.3 is 0 Å². The molecule has 1 heterocycles. The molecule has 4 heteroatoms. The van der Waals surface area contributed by atoms with Gasteiger partial charge in [0.1, 0.15) is 11.1 Å². The van der Waals surface area contributed by atoms with Crippen LogP contribution >= 0.6 is 27.3 Å². The molecule has 0 saturated carbocycles. The number of ether oxygens (including phenoxy) is 1. The molecular weight excluding hydrogens is 346 g/mol. The number of halogens is 1. The highest BCUT2D eigenvalue weighted by molar-refractivity contribution is 9.10. The second-order valence-electron chi connectivity index (χ2n) is 4.60. The maximum Gasteiger partial charge on any atom is 0.134 e. The Labute approximate surface area is 136 Å².